The standard InChI is InChI=1S/C18H11BrClNO4S/c19-13-7-11(8-15-17(23)21-18(24)26-15)3-6-14(13)25-16(22)9-10-1-4-12(20)5-2-10/h1-8H,9H2,(H,21,23,24). The molecule has 2 aromatic rings. The molecule has 1 aliphatic rings. The lowest BCUT2D eigenvalue weighted by Crippen LogP contribution is -2.17. The second kappa shape index (κ2) is 8.07. The molecule has 26 heavy (non-hydrogen) atoms. The fourth-order valence-corrected chi connectivity index (χ4v) is 3.48. The Hall–Kier alpha value is -2.09. The summed E-state index contributed by atoms with van der Waals surface area (Å²) >= 11 is 10.0. The van der Waals surface area contributed by atoms with Crippen LogP contribution in [0.2, 0.25) is 5.02 Å². The fourth-order valence-electron chi connectivity index (χ4n) is 2.19. The molecular weight excluding hydrogens is 442 g/mol. The van der Waals surface area contributed by atoms with Crippen molar-refractivity contribution in [3.8, 4) is 5.75 Å². The molecule has 5 nitrogen and oxygen atoms in total. The molecule has 3 rings (SSSR count). The average Bonchev–Trinajstić information content (AvgIpc) is 2.89. The quantitative estimate of drug-likeness (QED) is 0.418. The number of imide groups is 1. The summed E-state index contributed by atoms with van der Waals surface area (Å²) in [4.78, 5) is 35.1. The lowest BCUT2D eigenvalue weighted by Gasteiger charge is -2.07. The van der Waals surface area contributed by atoms with Crippen LogP contribution in [0.5, 0.6) is 5.75 Å². The summed E-state index contributed by atoms with van der Waals surface area (Å²) in [6.07, 6.45) is 1.71. The first-order chi connectivity index (χ1) is 12.4. The van der Waals surface area contributed by atoms with Gasteiger partial charge in [0.2, 0.25) is 0 Å². The Labute approximate surface area is 166 Å². The summed E-state index contributed by atoms with van der Waals surface area (Å²) in [5, 5.41) is 2.40. The van der Waals surface area contributed by atoms with E-state index in [1.165, 1.54) is 0 Å². The van der Waals surface area contributed by atoms with Gasteiger partial charge in [0, 0.05) is 5.02 Å². The maximum Gasteiger partial charge on any atom is 0.315 e. The molecular formula is C18H11BrClNO4S. The molecule has 1 N–H and O–H groups in total. The molecule has 2 amide bonds. The van der Waals surface area contributed by atoms with Gasteiger partial charge in [-0.25, -0.2) is 0 Å². The normalized spacial score (nSPS) is 15.2. The molecule has 1 aliphatic heterocycles. The van der Waals surface area contributed by atoms with E-state index in [0.29, 0.717) is 25.7 Å². The average molecular weight is 453 g/mol. The van der Waals surface area contributed by atoms with E-state index in [4.69, 9.17) is 16.3 Å². The van der Waals surface area contributed by atoms with Gasteiger partial charge in [-0.1, -0.05) is 29.8 Å². The highest BCUT2D eigenvalue weighted by Gasteiger charge is 2.25. The van der Waals surface area contributed by atoms with E-state index in [2.05, 4.69) is 21.2 Å². The number of hydrogen-bond donors (Lipinski definition) is 1. The van der Waals surface area contributed by atoms with Crippen molar-refractivity contribution in [3.63, 3.8) is 0 Å². The van der Waals surface area contributed by atoms with Crippen LogP contribution in [0.3, 0.4) is 0 Å². The molecule has 0 radical (unpaired) electrons. The van der Waals surface area contributed by atoms with Gasteiger partial charge in [-0.3, -0.25) is 19.7 Å². The maximum absolute atomic E-state index is 12.1. The molecule has 1 saturated heterocycles. The lowest BCUT2D eigenvalue weighted by atomic mass is 10.1. The van der Waals surface area contributed by atoms with Crippen LogP contribution in [-0.2, 0) is 16.0 Å². The lowest BCUT2D eigenvalue weighted by molar-refractivity contribution is -0.133. The Bertz CT molecular complexity index is 927. The zero-order valence-electron chi connectivity index (χ0n) is 13.1. The topological polar surface area (TPSA) is 72.5 Å². The minimum Gasteiger partial charge on any atom is -0.425 e. The van der Waals surface area contributed by atoms with Crippen LogP contribution in [0.25, 0.3) is 6.08 Å². The highest BCUT2D eigenvalue weighted by molar-refractivity contribution is 9.10. The van der Waals surface area contributed by atoms with Gasteiger partial charge in [-0.15, -0.1) is 0 Å². The monoisotopic (exact) mass is 451 g/mol. The first kappa shape index (κ1) is 18.7. The van der Waals surface area contributed by atoms with Crippen LogP contribution in [-0.4, -0.2) is 17.1 Å². The van der Waals surface area contributed by atoms with Gasteiger partial charge in [0.05, 0.1) is 15.8 Å². The molecule has 1 fully saturated rings. The molecule has 0 bridgehead atoms. The van der Waals surface area contributed by atoms with E-state index < -0.39 is 17.1 Å². The predicted molar refractivity (Wildman–Crippen MR) is 104 cm³/mol. The first-order valence-electron chi connectivity index (χ1n) is 7.40. The summed E-state index contributed by atoms with van der Waals surface area (Å²) < 4.78 is 5.93. The van der Waals surface area contributed by atoms with Crippen LogP contribution in [0.1, 0.15) is 11.1 Å². The van der Waals surface area contributed by atoms with Crippen LogP contribution in [0.4, 0.5) is 4.79 Å². The number of halogens is 2. The molecule has 0 aliphatic carbocycles. The number of benzene rings is 2. The highest BCUT2D eigenvalue weighted by Crippen LogP contribution is 2.30. The Morgan fingerprint density at radius 2 is 1.92 bits per heavy atom. The highest BCUT2D eigenvalue weighted by atomic mass is 79.9. The second-order valence-corrected chi connectivity index (χ2v) is 7.62. The molecule has 0 atom stereocenters. The van der Waals surface area contributed by atoms with Gasteiger partial charge in [0.1, 0.15) is 5.75 Å². The minimum absolute atomic E-state index is 0.119. The van der Waals surface area contributed by atoms with Crippen LogP contribution in [0.15, 0.2) is 51.8 Å². The van der Waals surface area contributed by atoms with Crippen molar-refractivity contribution in [2.75, 3.05) is 0 Å². The molecule has 8 heteroatoms. The van der Waals surface area contributed by atoms with E-state index in [1.807, 2.05) is 0 Å². The van der Waals surface area contributed by atoms with Gasteiger partial charge in [0.25, 0.3) is 11.1 Å². The van der Waals surface area contributed by atoms with Crippen LogP contribution in [0, 0.1) is 0 Å². The van der Waals surface area contributed by atoms with Crippen molar-refractivity contribution in [1.82, 2.24) is 5.32 Å². The van der Waals surface area contributed by atoms with E-state index in [0.717, 1.165) is 17.3 Å². The summed E-state index contributed by atoms with van der Waals surface area (Å²) in [6.45, 7) is 0. The molecule has 132 valence electrons. The Balaban J connectivity index is 1.68. The van der Waals surface area contributed by atoms with Crippen molar-refractivity contribution in [2.24, 2.45) is 0 Å². The Kier molecular flexibility index (Phi) is 5.80. The zero-order valence-corrected chi connectivity index (χ0v) is 16.3. The largest absolute Gasteiger partial charge is 0.425 e. The Morgan fingerprint density at radius 3 is 2.54 bits per heavy atom. The van der Waals surface area contributed by atoms with Gasteiger partial charge in [-0.05, 0) is 69.2 Å². The van der Waals surface area contributed by atoms with Crippen LogP contribution < -0.4 is 10.1 Å². The summed E-state index contributed by atoms with van der Waals surface area (Å²) in [7, 11) is 0. The van der Waals surface area contributed by atoms with Crippen molar-refractivity contribution < 1.29 is 19.1 Å². The number of thioether (sulfide) groups is 1. The van der Waals surface area contributed by atoms with E-state index in [1.54, 1.807) is 48.5 Å². The molecule has 1 heterocycles. The minimum atomic E-state index is -0.422. The summed E-state index contributed by atoms with van der Waals surface area (Å²) in [6, 6.07) is 12.0. The molecule has 0 aromatic heterocycles. The smallest absolute Gasteiger partial charge is 0.315 e. The fraction of sp³-hybridized carbons (Fsp3) is 0.0556. The third-order valence-corrected chi connectivity index (χ3v) is 5.06. The number of ether oxygens (including phenoxy) is 1. The van der Waals surface area contributed by atoms with Gasteiger partial charge in [0.15, 0.2) is 0 Å². The number of rotatable bonds is 4. The molecule has 0 unspecified atom stereocenters. The van der Waals surface area contributed by atoms with Crippen molar-refractivity contribution >= 4 is 62.5 Å². The van der Waals surface area contributed by atoms with E-state index in [9.17, 15) is 14.4 Å². The first-order valence-corrected chi connectivity index (χ1v) is 9.39. The third-order valence-electron chi connectivity index (χ3n) is 3.38. The predicted octanol–water partition coefficient (Wildman–Crippen LogP) is 4.57. The van der Waals surface area contributed by atoms with Gasteiger partial charge in [-0.2, -0.15) is 0 Å². The van der Waals surface area contributed by atoms with Crippen molar-refractivity contribution in [2.45, 2.75) is 6.42 Å². The Morgan fingerprint density at radius 1 is 1.19 bits per heavy atom. The molecule has 2 aromatic carbocycles. The summed E-state index contributed by atoms with van der Waals surface area (Å²) in [5.41, 5.74) is 1.49. The van der Waals surface area contributed by atoms with E-state index in [-0.39, 0.29) is 6.42 Å². The SMILES string of the molecule is O=C(Cc1ccc(Cl)cc1)Oc1ccc(C=C2SC(=O)NC2=O)cc1Br. The number of amides is 2. The van der Waals surface area contributed by atoms with Gasteiger partial charge >= 0.3 is 5.97 Å². The van der Waals surface area contributed by atoms with Crippen LogP contribution >= 0.6 is 39.3 Å². The van der Waals surface area contributed by atoms with Gasteiger partial charge < -0.3 is 4.74 Å². The second-order valence-electron chi connectivity index (χ2n) is 5.32. The number of esters is 1. The molecule has 0 saturated carbocycles. The van der Waals surface area contributed by atoms with E-state index >= 15 is 0 Å². The number of nitrogens with one attached hydrogen (secondary N) is 1. The number of carbonyl (C=O) groups is 3. The molecule has 0 spiro atoms. The van der Waals surface area contributed by atoms with Crippen molar-refractivity contribution in [1.29, 1.82) is 0 Å². The summed E-state index contributed by atoms with van der Waals surface area (Å²) in [5.74, 6) is -0.462. The number of carbonyl (C=O) groups excluding carboxylic acids is 3. The zero-order chi connectivity index (χ0) is 18.7. The third kappa shape index (κ3) is 4.75. The van der Waals surface area contributed by atoms with Crippen molar-refractivity contribution in [3.05, 3.63) is 68.0 Å². The number of hydrogen-bond acceptors (Lipinski definition) is 5. The maximum atomic E-state index is 12.1.